The van der Waals surface area contributed by atoms with Crippen LogP contribution in [-0.4, -0.2) is 25.1 Å². The van der Waals surface area contributed by atoms with Gasteiger partial charge >= 0.3 is 0 Å². The Kier molecular flexibility index (Phi) is 4.29. The minimum absolute atomic E-state index is 0.0326. The van der Waals surface area contributed by atoms with E-state index in [4.69, 9.17) is 9.47 Å². The van der Waals surface area contributed by atoms with Crippen LogP contribution in [0.25, 0.3) is 10.9 Å². The van der Waals surface area contributed by atoms with E-state index >= 15 is 0 Å². The Hall–Kier alpha value is -2.95. The summed E-state index contributed by atoms with van der Waals surface area (Å²) < 4.78 is 10.6. The predicted molar refractivity (Wildman–Crippen MR) is 102 cm³/mol. The highest BCUT2D eigenvalue weighted by atomic mass is 16.5. The summed E-state index contributed by atoms with van der Waals surface area (Å²) in [6.45, 7) is 0. The number of anilines is 1. The second-order valence-electron chi connectivity index (χ2n) is 6.63. The molecule has 4 rings (SSSR count). The van der Waals surface area contributed by atoms with E-state index in [2.05, 4.69) is 22.4 Å². The zero-order valence-corrected chi connectivity index (χ0v) is 15.0. The molecule has 0 fully saturated rings. The summed E-state index contributed by atoms with van der Waals surface area (Å²) in [5.74, 6) is 1.27. The van der Waals surface area contributed by atoms with E-state index in [1.165, 1.54) is 16.6 Å². The van der Waals surface area contributed by atoms with E-state index < -0.39 is 0 Å². The van der Waals surface area contributed by atoms with Gasteiger partial charge in [-0.25, -0.2) is 0 Å². The molecule has 0 spiro atoms. The molecule has 0 bridgehead atoms. The molecule has 3 aromatic rings. The largest absolute Gasteiger partial charge is 0.493 e. The van der Waals surface area contributed by atoms with Crippen LogP contribution in [0.4, 0.5) is 5.69 Å². The van der Waals surface area contributed by atoms with Crippen molar-refractivity contribution in [2.24, 2.45) is 5.92 Å². The molecule has 134 valence electrons. The molecule has 2 aromatic carbocycles. The third-order valence-corrected chi connectivity index (χ3v) is 5.12. The molecule has 5 nitrogen and oxygen atoms in total. The van der Waals surface area contributed by atoms with Gasteiger partial charge in [-0.15, -0.1) is 0 Å². The van der Waals surface area contributed by atoms with Crippen LogP contribution in [0, 0.1) is 5.92 Å². The average molecular weight is 350 g/mol. The number of ether oxygens (including phenoxy) is 2. The van der Waals surface area contributed by atoms with Crippen LogP contribution < -0.4 is 14.8 Å². The Labute approximate surface area is 152 Å². The van der Waals surface area contributed by atoms with Gasteiger partial charge in [0.25, 0.3) is 0 Å². The zero-order valence-electron chi connectivity index (χ0n) is 15.0. The molecule has 1 aliphatic rings. The number of amides is 1. The van der Waals surface area contributed by atoms with Gasteiger partial charge in [-0.1, -0.05) is 18.2 Å². The number of aromatic nitrogens is 1. The lowest BCUT2D eigenvalue weighted by Gasteiger charge is -2.22. The number of hydrogen-bond donors (Lipinski definition) is 2. The monoisotopic (exact) mass is 350 g/mol. The number of aromatic amines is 1. The molecule has 0 saturated carbocycles. The Morgan fingerprint density at radius 1 is 1.12 bits per heavy atom. The van der Waals surface area contributed by atoms with Crippen LogP contribution in [0.2, 0.25) is 0 Å². The minimum Gasteiger partial charge on any atom is -0.493 e. The minimum atomic E-state index is -0.0326. The van der Waals surface area contributed by atoms with E-state index in [1.807, 2.05) is 18.2 Å². The summed E-state index contributed by atoms with van der Waals surface area (Å²) in [6.07, 6.45) is 2.51. The lowest BCUT2D eigenvalue weighted by atomic mass is 9.86. The quantitative estimate of drug-likeness (QED) is 0.749. The Morgan fingerprint density at radius 3 is 2.73 bits per heavy atom. The van der Waals surface area contributed by atoms with Gasteiger partial charge in [-0.05, 0) is 43.0 Å². The highest BCUT2D eigenvalue weighted by molar-refractivity contribution is 5.94. The standard InChI is InChI=1S/C21H22N2O3/c1-25-19-10-8-14(12-20(19)26-2)22-21(24)13-7-9-18-16(11-13)15-5-3-4-6-17(15)23-18/h3-6,8,10,12-13,23H,7,9,11H2,1-2H3,(H,22,24). The first kappa shape index (κ1) is 16.5. The maximum atomic E-state index is 12.8. The van der Waals surface area contributed by atoms with Crippen LogP contribution in [0.1, 0.15) is 17.7 Å². The number of nitrogens with one attached hydrogen (secondary N) is 2. The average Bonchev–Trinajstić information content (AvgIpc) is 3.05. The third-order valence-electron chi connectivity index (χ3n) is 5.12. The molecule has 1 heterocycles. The fourth-order valence-corrected chi connectivity index (χ4v) is 3.75. The molecular formula is C21H22N2O3. The van der Waals surface area contributed by atoms with E-state index in [1.54, 1.807) is 26.4 Å². The van der Waals surface area contributed by atoms with Crippen LogP contribution in [-0.2, 0) is 17.6 Å². The first-order valence-electron chi connectivity index (χ1n) is 8.81. The van der Waals surface area contributed by atoms with Crippen LogP contribution in [0.3, 0.4) is 0 Å². The van der Waals surface area contributed by atoms with Gasteiger partial charge in [-0.3, -0.25) is 4.79 Å². The van der Waals surface area contributed by atoms with Crippen LogP contribution in [0.15, 0.2) is 42.5 Å². The smallest absolute Gasteiger partial charge is 0.227 e. The summed E-state index contributed by atoms with van der Waals surface area (Å²) in [5.41, 5.74) is 4.41. The fourth-order valence-electron chi connectivity index (χ4n) is 3.75. The number of hydrogen-bond acceptors (Lipinski definition) is 3. The van der Waals surface area contributed by atoms with Crippen molar-refractivity contribution in [3.05, 3.63) is 53.7 Å². The summed E-state index contributed by atoms with van der Waals surface area (Å²) >= 11 is 0. The molecule has 5 heteroatoms. The Balaban J connectivity index is 1.53. The van der Waals surface area contributed by atoms with E-state index in [0.29, 0.717) is 11.5 Å². The number of methoxy groups -OCH3 is 2. The van der Waals surface area contributed by atoms with Crippen molar-refractivity contribution in [1.82, 2.24) is 4.98 Å². The molecule has 1 atom stereocenters. The lowest BCUT2D eigenvalue weighted by molar-refractivity contribution is -0.120. The molecule has 1 amide bonds. The van der Waals surface area contributed by atoms with E-state index in [-0.39, 0.29) is 11.8 Å². The molecule has 26 heavy (non-hydrogen) atoms. The van der Waals surface area contributed by atoms with Gasteiger partial charge in [0.2, 0.25) is 5.91 Å². The van der Waals surface area contributed by atoms with E-state index in [0.717, 1.165) is 30.5 Å². The summed E-state index contributed by atoms with van der Waals surface area (Å²) in [4.78, 5) is 16.3. The number of aryl methyl sites for hydroxylation is 1. The highest BCUT2D eigenvalue weighted by Gasteiger charge is 2.27. The number of rotatable bonds is 4. The lowest BCUT2D eigenvalue weighted by Crippen LogP contribution is -2.28. The zero-order chi connectivity index (χ0) is 18.1. The fraction of sp³-hybridized carbons (Fsp3) is 0.286. The molecular weight excluding hydrogens is 328 g/mol. The summed E-state index contributed by atoms with van der Waals surface area (Å²) in [7, 11) is 3.18. The maximum Gasteiger partial charge on any atom is 0.227 e. The van der Waals surface area contributed by atoms with Crippen molar-refractivity contribution in [3.63, 3.8) is 0 Å². The molecule has 2 N–H and O–H groups in total. The number of carbonyl (C=O) groups is 1. The summed E-state index contributed by atoms with van der Waals surface area (Å²) in [6, 6.07) is 13.7. The number of carbonyl (C=O) groups excluding carboxylic acids is 1. The third kappa shape index (κ3) is 2.90. The van der Waals surface area contributed by atoms with Crippen molar-refractivity contribution in [3.8, 4) is 11.5 Å². The maximum absolute atomic E-state index is 12.8. The van der Waals surface area contributed by atoms with E-state index in [9.17, 15) is 4.79 Å². The van der Waals surface area contributed by atoms with Gasteiger partial charge < -0.3 is 19.8 Å². The number of H-pyrrole nitrogens is 1. The SMILES string of the molecule is COc1ccc(NC(=O)C2CCc3[nH]c4ccccc4c3C2)cc1OC. The normalized spacial score (nSPS) is 16.2. The van der Waals surface area contributed by atoms with Crippen molar-refractivity contribution >= 4 is 22.5 Å². The number of benzene rings is 2. The summed E-state index contributed by atoms with van der Waals surface area (Å²) in [5, 5.41) is 4.25. The molecule has 0 radical (unpaired) electrons. The van der Waals surface area contributed by atoms with Gasteiger partial charge in [0.15, 0.2) is 11.5 Å². The van der Waals surface area contributed by atoms with Crippen molar-refractivity contribution in [2.75, 3.05) is 19.5 Å². The van der Waals surface area contributed by atoms with Crippen LogP contribution >= 0.6 is 0 Å². The van der Waals surface area contributed by atoms with Crippen molar-refractivity contribution in [2.45, 2.75) is 19.3 Å². The molecule has 0 aliphatic heterocycles. The Morgan fingerprint density at radius 2 is 1.92 bits per heavy atom. The first-order valence-corrected chi connectivity index (χ1v) is 8.81. The molecule has 1 aromatic heterocycles. The number of fused-ring (bicyclic) bond motifs is 3. The second-order valence-corrected chi connectivity index (χ2v) is 6.63. The first-order chi connectivity index (χ1) is 12.7. The van der Waals surface area contributed by atoms with Gasteiger partial charge in [0.05, 0.1) is 14.2 Å². The van der Waals surface area contributed by atoms with Crippen LogP contribution in [0.5, 0.6) is 11.5 Å². The van der Waals surface area contributed by atoms with Gasteiger partial charge in [-0.2, -0.15) is 0 Å². The molecule has 1 aliphatic carbocycles. The van der Waals surface area contributed by atoms with Gasteiger partial charge in [0.1, 0.15) is 0 Å². The van der Waals surface area contributed by atoms with Gasteiger partial charge in [0, 0.05) is 34.3 Å². The second kappa shape index (κ2) is 6.75. The highest BCUT2D eigenvalue weighted by Crippen LogP contribution is 2.33. The predicted octanol–water partition coefficient (Wildman–Crippen LogP) is 3.93. The molecule has 1 unspecified atom stereocenters. The molecule has 0 saturated heterocycles. The van der Waals surface area contributed by atoms with Crippen molar-refractivity contribution in [1.29, 1.82) is 0 Å². The Bertz CT molecular complexity index is 961. The number of para-hydroxylation sites is 1. The van der Waals surface area contributed by atoms with Crippen molar-refractivity contribution < 1.29 is 14.3 Å². The topological polar surface area (TPSA) is 63.3 Å².